The molecule has 118 valence electrons. The summed E-state index contributed by atoms with van der Waals surface area (Å²) in [5.74, 6) is -1.59. The molecule has 21 heavy (non-hydrogen) atoms. The van der Waals surface area contributed by atoms with Gasteiger partial charge in [-0.3, -0.25) is 4.79 Å². The third kappa shape index (κ3) is 4.44. The molecule has 1 amide bonds. The zero-order chi connectivity index (χ0) is 16.2. The number of hydrogen-bond donors (Lipinski definition) is 1. The normalized spacial score (nSPS) is 13.3. The molecule has 0 saturated carbocycles. The van der Waals surface area contributed by atoms with Crippen LogP contribution in [0.1, 0.15) is 49.5 Å². The SMILES string of the molecule is CCC(CC)C(C)NC(=O)c1cc(C(F)(F)F)ccc1F. The monoisotopic (exact) mass is 305 g/mol. The Morgan fingerprint density at radius 1 is 1.24 bits per heavy atom. The van der Waals surface area contributed by atoms with Crippen molar-refractivity contribution in [3.05, 3.63) is 35.1 Å². The van der Waals surface area contributed by atoms with E-state index in [1.165, 1.54) is 0 Å². The fourth-order valence-electron chi connectivity index (χ4n) is 2.27. The topological polar surface area (TPSA) is 29.1 Å². The summed E-state index contributed by atoms with van der Waals surface area (Å²) < 4.78 is 51.4. The molecule has 1 atom stereocenters. The molecule has 6 heteroatoms. The molecule has 0 aliphatic rings. The lowest BCUT2D eigenvalue weighted by Crippen LogP contribution is -2.38. The Morgan fingerprint density at radius 2 is 1.81 bits per heavy atom. The van der Waals surface area contributed by atoms with Crippen LogP contribution in [0.5, 0.6) is 0 Å². The van der Waals surface area contributed by atoms with Crippen LogP contribution in [-0.2, 0) is 6.18 Å². The van der Waals surface area contributed by atoms with E-state index in [9.17, 15) is 22.4 Å². The maximum absolute atomic E-state index is 13.6. The van der Waals surface area contributed by atoms with E-state index in [0.717, 1.165) is 12.8 Å². The molecule has 0 saturated heterocycles. The lowest BCUT2D eigenvalue weighted by Gasteiger charge is -2.22. The summed E-state index contributed by atoms with van der Waals surface area (Å²) in [5, 5.41) is 2.57. The largest absolute Gasteiger partial charge is 0.416 e. The quantitative estimate of drug-likeness (QED) is 0.803. The van der Waals surface area contributed by atoms with Crippen LogP contribution in [0.15, 0.2) is 18.2 Å². The van der Waals surface area contributed by atoms with Crippen LogP contribution in [0, 0.1) is 11.7 Å². The Morgan fingerprint density at radius 3 is 2.29 bits per heavy atom. The molecular formula is C15H19F4NO. The van der Waals surface area contributed by atoms with Gasteiger partial charge in [0.2, 0.25) is 0 Å². The Hall–Kier alpha value is -1.59. The van der Waals surface area contributed by atoms with Crippen molar-refractivity contribution in [2.75, 3.05) is 0 Å². The maximum atomic E-state index is 13.6. The van der Waals surface area contributed by atoms with Crippen LogP contribution < -0.4 is 5.32 Å². The summed E-state index contributed by atoms with van der Waals surface area (Å²) >= 11 is 0. The molecule has 1 aromatic rings. The van der Waals surface area contributed by atoms with Crippen molar-refractivity contribution in [2.45, 2.75) is 45.8 Å². The van der Waals surface area contributed by atoms with Crippen LogP contribution >= 0.6 is 0 Å². The fraction of sp³-hybridized carbons (Fsp3) is 0.533. The Bertz CT molecular complexity index is 495. The second kappa shape index (κ2) is 6.91. The molecule has 1 rings (SSSR count). The van der Waals surface area contributed by atoms with Crippen molar-refractivity contribution < 1.29 is 22.4 Å². The Kier molecular flexibility index (Phi) is 5.75. The third-order valence-electron chi connectivity index (χ3n) is 3.65. The molecule has 0 heterocycles. The van der Waals surface area contributed by atoms with Gasteiger partial charge in [-0.15, -0.1) is 0 Å². The first kappa shape index (κ1) is 17.5. The van der Waals surface area contributed by atoms with Gasteiger partial charge in [-0.1, -0.05) is 26.7 Å². The number of nitrogens with one attached hydrogen (secondary N) is 1. The van der Waals surface area contributed by atoms with E-state index in [-0.39, 0.29) is 12.0 Å². The van der Waals surface area contributed by atoms with Crippen LogP contribution in [0.4, 0.5) is 17.6 Å². The van der Waals surface area contributed by atoms with Crippen molar-refractivity contribution in [1.29, 1.82) is 0 Å². The second-order valence-electron chi connectivity index (χ2n) is 5.03. The predicted octanol–water partition coefficient (Wildman–Crippen LogP) is 4.40. The van der Waals surface area contributed by atoms with Crippen LogP contribution in [0.3, 0.4) is 0 Å². The molecule has 0 fully saturated rings. The summed E-state index contributed by atoms with van der Waals surface area (Å²) in [7, 11) is 0. The number of alkyl halides is 3. The molecule has 0 aliphatic carbocycles. The van der Waals surface area contributed by atoms with Gasteiger partial charge in [0, 0.05) is 6.04 Å². The Balaban J connectivity index is 2.97. The zero-order valence-corrected chi connectivity index (χ0v) is 12.2. The smallest absolute Gasteiger partial charge is 0.349 e. The van der Waals surface area contributed by atoms with Crippen molar-refractivity contribution in [3.63, 3.8) is 0 Å². The van der Waals surface area contributed by atoms with Gasteiger partial charge >= 0.3 is 6.18 Å². The molecule has 1 aromatic carbocycles. The lowest BCUT2D eigenvalue weighted by molar-refractivity contribution is -0.137. The molecule has 0 spiro atoms. The minimum atomic E-state index is -4.61. The fourth-order valence-corrected chi connectivity index (χ4v) is 2.27. The van der Waals surface area contributed by atoms with Gasteiger partial charge in [0.05, 0.1) is 11.1 Å². The number of rotatable bonds is 5. The van der Waals surface area contributed by atoms with E-state index in [1.807, 2.05) is 13.8 Å². The first-order valence-corrected chi connectivity index (χ1v) is 6.88. The summed E-state index contributed by atoms with van der Waals surface area (Å²) in [6.45, 7) is 5.68. The number of amides is 1. The highest BCUT2D eigenvalue weighted by atomic mass is 19.4. The number of halogens is 4. The van der Waals surface area contributed by atoms with Gasteiger partial charge in [0.25, 0.3) is 5.91 Å². The second-order valence-corrected chi connectivity index (χ2v) is 5.03. The highest BCUT2D eigenvalue weighted by Crippen LogP contribution is 2.30. The summed E-state index contributed by atoms with van der Waals surface area (Å²) in [4.78, 5) is 12.0. The van der Waals surface area contributed by atoms with Crippen LogP contribution in [0.2, 0.25) is 0 Å². The average molecular weight is 305 g/mol. The van der Waals surface area contributed by atoms with Crippen molar-refractivity contribution in [2.24, 2.45) is 5.92 Å². The molecule has 2 nitrogen and oxygen atoms in total. The van der Waals surface area contributed by atoms with Crippen molar-refractivity contribution in [3.8, 4) is 0 Å². The van der Waals surface area contributed by atoms with Gasteiger partial charge in [0.1, 0.15) is 5.82 Å². The van der Waals surface area contributed by atoms with Crippen LogP contribution in [0.25, 0.3) is 0 Å². The number of benzene rings is 1. The highest BCUT2D eigenvalue weighted by Gasteiger charge is 2.32. The van der Waals surface area contributed by atoms with Gasteiger partial charge < -0.3 is 5.32 Å². The van der Waals surface area contributed by atoms with E-state index < -0.39 is 29.0 Å². The van der Waals surface area contributed by atoms with Gasteiger partial charge in [-0.2, -0.15) is 13.2 Å². The van der Waals surface area contributed by atoms with E-state index in [2.05, 4.69) is 5.32 Å². The molecular weight excluding hydrogens is 286 g/mol. The third-order valence-corrected chi connectivity index (χ3v) is 3.65. The molecule has 0 aromatic heterocycles. The maximum Gasteiger partial charge on any atom is 0.416 e. The summed E-state index contributed by atoms with van der Waals surface area (Å²) in [6.07, 6.45) is -2.96. The first-order chi connectivity index (χ1) is 9.70. The molecule has 0 radical (unpaired) electrons. The number of carbonyl (C=O) groups is 1. The standard InChI is InChI=1S/C15H19F4NO/c1-4-10(5-2)9(3)20-14(21)12-8-11(15(17,18)19)6-7-13(12)16/h6-10H,4-5H2,1-3H3,(H,20,21). The lowest BCUT2D eigenvalue weighted by atomic mass is 9.95. The first-order valence-electron chi connectivity index (χ1n) is 6.88. The van der Waals surface area contributed by atoms with E-state index >= 15 is 0 Å². The minimum absolute atomic E-state index is 0.197. The van der Waals surface area contributed by atoms with Crippen molar-refractivity contribution in [1.82, 2.24) is 5.32 Å². The molecule has 1 unspecified atom stereocenters. The van der Waals surface area contributed by atoms with E-state index in [0.29, 0.717) is 18.2 Å². The molecule has 1 N–H and O–H groups in total. The molecule has 0 bridgehead atoms. The van der Waals surface area contributed by atoms with E-state index in [4.69, 9.17) is 0 Å². The minimum Gasteiger partial charge on any atom is -0.349 e. The van der Waals surface area contributed by atoms with Gasteiger partial charge in [-0.05, 0) is 31.0 Å². The van der Waals surface area contributed by atoms with Crippen molar-refractivity contribution >= 4 is 5.91 Å². The molecule has 0 aliphatic heterocycles. The number of carbonyl (C=O) groups excluding carboxylic acids is 1. The van der Waals surface area contributed by atoms with Crippen LogP contribution in [-0.4, -0.2) is 11.9 Å². The van der Waals surface area contributed by atoms with Gasteiger partial charge in [0.15, 0.2) is 0 Å². The highest BCUT2D eigenvalue weighted by molar-refractivity contribution is 5.94. The zero-order valence-electron chi connectivity index (χ0n) is 12.2. The Labute approximate surface area is 121 Å². The summed E-state index contributed by atoms with van der Waals surface area (Å²) in [6, 6.07) is 1.60. The summed E-state index contributed by atoms with van der Waals surface area (Å²) in [5.41, 5.74) is -1.62. The van der Waals surface area contributed by atoms with Gasteiger partial charge in [-0.25, -0.2) is 4.39 Å². The predicted molar refractivity (Wildman–Crippen MR) is 72.4 cm³/mol. The van der Waals surface area contributed by atoms with E-state index in [1.54, 1.807) is 6.92 Å². The average Bonchev–Trinajstić information content (AvgIpc) is 2.39. The number of hydrogen-bond acceptors (Lipinski definition) is 1.